The molecule has 1 fully saturated rings. The summed E-state index contributed by atoms with van der Waals surface area (Å²) in [6.07, 6.45) is 3.42. The second-order valence-corrected chi connectivity index (χ2v) is 7.26. The molecule has 0 radical (unpaired) electrons. The summed E-state index contributed by atoms with van der Waals surface area (Å²) in [5, 5.41) is 10.7. The van der Waals surface area contributed by atoms with Crippen molar-refractivity contribution < 1.29 is 23.8 Å². The van der Waals surface area contributed by atoms with Gasteiger partial charge in [0.1, 0.15) is 0 Å². The summed E-state index contributed by atoms with van der Waals surface area (Å²) in [6, 6.07) is 15.5. The minimum Gasteiger partial charge on any atom is -0.493 e. The number of rotatable bonds is 8. The van der Waals surface area contributed by atoms with E-state index in [1.807, 2.05) is 30.3 Å². The highest BCUT2D eigenvalue weighted by Crippen LogP contribution is 2.28. The zero-order chi connectivity index (χ0) is 22.1. The van der Waals surface area contributed by atoms with Crippen molar-refractivity contribution in [1.29, 1.82) is 0 Å². The highest BCUT2D eigenvalue weighted by molar-refractivity contribution is 8.18. The number of esters is 1. The molecule has 0 spiro atoms. The monoisotopic (exact) mass is 439 g/mol. The highest BCUT2D eigenvalue weighted by Gasteiger charge is 2.25. The van der Waals surface area contributed by atoms with Gasteiger partial charge < -0.3 is 14.2 Å². The van der Waals surface area contributed by atoms with Crippen molar-refractivity contribution in [3.05, 3.63) is 70.6 Å². The Labute approximate surface area is 184 Å². The third-order valence-corrected chi connectivity index (χ3v) is 5.04. The number of benzene rings is 2. The van der Waals surface area contributed by atoms with Gasteiger partial charge >= 0.3 is 5.97 Å². The van der Waals surface area contributed by atoms with Gasteiger partial charge in [-0.2, -0.15) is 5.10 Å². The summed E-state index contributed by atoms with van der Waals surface area (Å²) < 4.78 is 15.8. The van der Waals surface area contributed by atoms with Crippen LogP contribution in [0.5, 0.6) is 11.5 Å². The maximum absolute atomic E-state index is 11.8. The van der Waals surface area contributed by atoms with Gasteiger partial charge in [-0.25, -0.2) is 4.79 Å². The second-order valence-electron chi connectivity index (χ2n) is 6.23. The summed E-state index contributed by atoms with van der Waals surface area (Å²) in [4.78, 5) is 23.3. The fourth-order valence-electron chi connectivity index (χ4n) is 2.60. The summed E-state index contributed by atoms with van der Waals surface area (Å²) >= 11 is 1.01. The van der Waals surface area contributed by atoms with Gasteiger partial charge in [-0.05, 0) is 41.1 Å². The molecule has 1 heterocycles. The fraction of sp³-hybridized carbons (Fsp3) is 0.182. The molecule has 1 aliphatic rings. The lowest BCUT2D eigenvalue weighted by Gasteiger charge is -2.11. The molecule has 2 aromatic carbocycles. The first kappa shape index (κ1) is 22.1. The Hall–Kier alpha value is -3.59. The minimum atomic E-state index is -0.611. The van der Waals surface area contributed by atoms with E-state index in [-0.39, 0.29) is 10.1 Å². The van der Waals surface area contributed by atoms with E-state index in [0.29, 0.717) is 18.1 Å². The zero-order valence-corrected chi connectivity index (χ0v) is 17.8. The van der Waals surface area contributed by atoms with Gasteiger partial charge in [0.25, 0.3) is 5.91 Å². The molecule has 0 aromatic heterocycles. The number of hydrogen-bond donors (Lipinski definition) is 1. The Morgan fingerprint density at radius 2 is 1.94 bits per heavy atom. The Kier molecular flexibility index (Phi) is 7.83. The van der Waals surface area contributed by atoms with Crippen LogP contribution in [-0.2, 0) is 20.7 Å². The van der Waals surface area contributed by atoms with Crippen LogP contribution in [0.15, 0.2) is 69.7 Å². The van der Waals surface area contributed by atoms with Gasteiger partial charge in [0.15, 0.2) is 16.7 Å². The lowest BCUT2D eigenvalue weighted by atomic mass is 10.2. The quantitative estimate of drug-likeness (QED) is 0.294. The third kappa shape index (κ3) is 6.45. The van der Waals surface area contributed by atoms with Crippen molar-refractivity contribution in [3.63, 3.8) is 0 Å². The van der Waals surface area contributed by atoms with Crippen LogP contribution < -0.4 is 14.8 Å². The summed E-state index contributed by atoms with van der Waals surface area (Å²) in [5.74, 6) is 0.179. The van der Waals surface area contributed by atoms with Gasteiger partial charge in [-0.1, -0.05) is 30.3 Å². The van der Waals surface area contributed by atoms with Crippen molar-refractivity contribution in [3.8, 4) is 11.5 Å². The first-order valence-electron chi connectivity index (χ1n) is 9.33. The fourth-order valence-corrected chi connectivity index (χ4v) is 3.34. The molecule has 160 valence electrons. The molecule has 0 saturated carbocycles. The maximum Gasteiger partial charge on any atom is 0.331 e. The number of nitrogens with zero attached hydrogens (tertiary/aromatic N) is 2. The van der Waals surface area contributed by atoms with Gasteiger partial charge in [0, 0.05) is 12.5 Å². The molecular formula is C22H21N3O5S. The minimum absolute atomic E-state index is 0.194. The number of hydrogen-bond acceptors (Lipinski definition) is 8. The number of methoxy groups -OCH3 is 2. The van der Waals surface area contributed by atoms with Gasteiger partial charge in [0.05, 0.1) is 31.9 Å². The number of carbonyl (C=O) groups is 2. The molecule has 0 bridgehead atoms. The van der Waals surface area contributed by atoms with E-state index in [4.69, 9.17) is 9.47 Å². The van der Waals surface area contributed by atoms with E-state index in [1.54, 1.807) is 13.2 Å². The van der Waals surface area contributed by atoms with Crippen molar-refractivity contribution in [1.82, 2.24) is 5.32 Å². The van der Waals surface area contributed by atoms with Crippen molar-refractivity contribution in [2.75, 3.05) is 20.8 Å². The van der Waals surface area contributed by atoms with Crippen LogP contribution in [0.25, 0.3) is 0 Å². The Morgan fingerprint density at radius 1 is 1.13 bits per heavy atom. The van der Waals surface area contributed by atoms with E-state index >= 15 is 0 Å². The lowest BCUT2D eigenvalue weighted by Crippen LogP contribution is -2.19. The molecule has 1 N–H and O–H groups in total. The SMILES string of the molecule is COC(=O)/C=C1/S/C(=N\N=Cc2ccc(OCCc3ccccc3)c(OC)c2)NC1=O. The predicted octanol–water partition coefficient (Wildman–Crippen LogP) is 2.93. The number of thioether (sulfide) groups is 1. The molecule has 8 nitrogen and oxygen atoms in total. The van der Waals surface area contributed by atoms with Gasteiger partial charge in [-0.15, -0.1) is 5.10 Å². The smallest absolute Gasteiger partial charge is 0.331 e. The van der Waals surface area contributed by atoms with E-state index < -0.39 is 11.9 Å². The first-order valence-corrected chi connectivity index (χ1v) is 10.2. The van der Waals surface area contributed by atoms with E-state index in [2.05, 4.69) is 32.4 Å². The first-order chi connectivity index (χ1) is 15.1. The van der Waals surface area contributed by atoms with E-state index in [0.717, 1.165) is 29.8 Å². The van der Waals surface area contributed by atoms with Crippen LogP contribution in [0.3, 0.4) is 0 Å². The van der Waals surface area contributed by atoms with Crippen LogP contribution in [0.1, 0.15) is 11.1 Å². The molecule has 0 aliphatic carbocycles. The van der Waals surface area contributed by atoms with Crippen LogP contribution in [0.2, 0.25) is 0 Å². The number of ether oxygens (including phenoxy) is 3. The molecule has 0 unspecified atom stereocenters. The van der Waals surface area contributed by atoms with Crippen molar-refractivity contribution in [2.24, 2.45) is 10.2 Å². The van der Waals surface area contributed by atoms with Gasteiger partial charge in [0.2, 0.25) is 0 Å². The average molecular weight is 439 g/mol. The molecule has 31 heavy (non-hydrogen) atoms. The maximum atomic E-state index is 11.8. The number of amides is 1. The third-order valence-electron chi connectivity index (χ3n) is 4.14. The normalized spacial score (nSPS) is 16.0. The average Bonchev–Trinajstić information content (AvgIpc) is 3.13. The molecular weight excluding hydrogens is 418 g/mol. The number of carbonyl (C=O) groups excluding carboxylic acids is 2. The molecule has 1 saturated heterocycles. The lowest BCUT2D eigenvalue weighted by molar-refractivity contribution is -0.135. The molecule has 1 aliphatic heterocycles. The highest BCUT2D eigenvalue weighted by atomic mass is 32.2. The Morgan fingerprint density at radius 3 is 2.68 bits per heavy atom. The summed E-state index contributed by atoms with van der Waals surface area (Å²) in [6.45, 7) is 0.528. The van der Waals surface area contributed by atoms with Gasteiger partial charge in [-0.3, -0.25) is 10.1 Å². The molecule has 1 amide bonds. The largest absolute Gasteiger partial charge is 0.493 e. The zero-order valence-electron chi connectivity index (χ0n) is 17.0. The van der Waals surface area contributed by atoms with Crippen LogP contribution in [0, 0.1) is 0 Å². The molecule has 0 atom stereocenters. The molecule has 3 rings (SSSR count). The number of nitrogens with one attached hydrogen (secondary N) is 1. The topological polar surface area (TPSA) is 98.6 Å². The van der Waals surface area contributed by atoms with E-state index in [9.17, 15) is 9.59 Å². The molecule has 9 heteroatoms. The number of amidine groups is 1. The van der Waals surface area contributed by atoms with Crippen molar-refractivity contribution >= 4 is 35.0 Å². The van der Waals surface area contributed by atoms with Crippen LogP contribution in [0.4, 0.5) is 0 Å². The second kappa shape index (κ2) is 11.0. The summed E-state index contributed by atoms with van der Waals surface area (Å²) in [5.41, 5.74) is 1.95. The Balaban J connectivity index is 1.60. The van der Waals surface area contributed by atoms with Crippen LogP contribution in [-0.4, -0.2) is 44.1 Å². The predicted molar refractivity (Wildman–Crippen MR) is 119 cm³/mol. The molecule has 2 aromatic rings. The summed E-state index contributed by atoms with van der Waals surface area (Å²) in [7, 11) is 2.81. The van der Waals surface area contributed by atoms with Crippen LogP contribution >= 0.6 is 11.8 Å². The standard InChI is InChI=1S/C22H21N3O5S/c1-28-18-12-16(8-9-17(18)30-11-10-15-6-4-3-5-7-15)14-23-25-22-24-21(27)19(31-22)13-20(26)29-2/h3-9,12-14H,10-11H2,1-2H3,(H,24,25,27)/b19-13+,23-14?. The van der Waals surface area contributed by atoms with E-state index in [1.165, 1.54) is 18.9 Å². The van der Waals surface area contributed by atoms with Crippen molar-refractivity contribution in [2.45, 2.75) is 6.42 Å². The Bertz CT molecular complexity index is 1030.